The number of ether oxygens (including phenoxy) is 1. The second kappa shape index (κ2) is 7.04. The number of ketones is 1. The molecule has 5 atom stereocenters. The maximum Gasteiger partial charge on any atom is 0.134 e. The highest BCUT2D eigenvalue weighted by Gasteiger charge is 2.55. The van der Waals surface area contributed by atoms with Gasteiger partial charge in [0.2, 0.25) is 0 Å². The molecule has 2 saturated heterocycles. The van der Waals surface area contributed by atoms with Gasteiger partial charge in [0.05, 0.1) is 6.61 Å². The summed E-state index contributed by atoms with van der Waals surface area (Å²) in [5.41, 5.74) is 4.32. The Morgan fingerprint density at radius 3 is 2.68 bits per heavy atom. The fraction of sp³-hybridized carbons (Fsp3) is 0.480. The van der Waals surface area contributed by atoms with Crippen LogP contribution in [0.25, 0.3) is 0 Å². The number of hydrogen-bond donors (Lipinski definition) is 0. The highest BCUT2D eigenvalue weighted by atomic mass is 16.5. The van der Waals surface area contributed by atoms with E-state index < -0.39 is 0 Å². The number of nitrogens with zero attached hydrogens (tertiary/aromatic N) is 1. The Bertz CT molecular complexity index is 877. The van der Waals surface area contributed by atoms with Gasteiger partial charge in [-0.25, -0.2) is 0 Å². The Morgan fingerprint density at radius 1 is 1.11 bits per heavy atom. The van der Waals surface area contributed by atoms with Crippen molar-refractivity contribution < 1.29 is 9.53 Å². The van der Waals surface area contributed by atoms with E-state index in [9.17, 15) is 4.79 Å². The molecule has 4 bridgehead atoms. The van der Waals surface area contributed by atoms with Gasteiger partial charge in [0.15, 0.2) is 0 Å². The molecule has 6 rings (SSSR count). The standard InChI is InChI=1S/C25H29NO2/c1-3-28-19-10-9-18-11-24-23-13-20(16(2)27)25(14-22(23)21(18)12-19)26(24)15-17-7-5-4-6-8-17/h4-10,12,20,22-25H,3,11,13-15H2,1-2H3. The Hall–Kier alpha value is -2.13. The smallest absolute Gasteiger partial charge is 0.134 e. The van der Waals surface area contributed by atoms with Crippen LogP contribution in [0.5, 0.6) is 5.75 Å². The highest BCUT2D eigenvalue weighted by molar-refractivity contribution is 5.79. The predicted octanol–water partition coefficient (Wildman–Crippen LogP) is 4.59. The third kappa shape index (κ3) is 2.88. The molecule has 2 aromatic carbocycles. The summed E-state index contributed by atoms with van der Waals surface area (Å²) in [6, 6.07) is 18.3. The molecule has 3 heteroatoms. The van der Waals surface area contributed by atoms with Crippen molar-refractivity contribution >= 4 is 5.78 Å². The third-order valence-electron chi connectivity index (χ3n) is 7.34. The Kier molecular flexibility index (Phi) is 4.51. The van der Waals surface area contributed by atoms with E-state index >= 15 is 0 Å². The van der Waals surface area contributed by atoms with Crippen molar-refractivity contribution in [3.63, 3.8) is 0 Å². The lowest BCUT2D eigenvalue weighted by Crippen LogP contribution is -2.64. The molecule has 0 radical (unpaired) electrons. The first-order valence-corrected chi connectivity index (χ1v) is 10.7. The van der Waals surface area contributed by atoms with E-state index in [1.807, 2.05) is 6.92 Å². The zero-order chi connectivity index (χ0) is 19.3. The summed E-state index contributed by atoms with van der Waals surface area (Å²) < 4.78 is 5.78. The molecular weight excluding hydrogens is 346 g/mol. The van der Waals surface area contributed by atoms with Crippen LogP contribution >= 0.6 is 0 Å². The van der Waals surface area contributed by atoms with E-state index in [4.69, 9.17) is 4.74 Å². The van der Waals surface area contributed by atoms with Gasteiger partial charge in [0, 0.05) is 24.5 Å². The minimum Gasteiger partial charge on any atom is -0.494 e. The Morgan fingerprint density at radius 2 is 1.93 bits per heavy atom. The first-order valence-electron chi connectivity index (χ1n) is 10.7. The normalized spacial score (nSPS) is 30.7. The molecule has 4 aliphatic rings. The number of fused-ring (bicyclic) bond motifs is 2. The number of Topliss-reactive ketones (excluding diaryl/α,β-unsaturated/α-hetero) is 1. The number of rotatable bonds is 5. The molecule has 0 amide bonds. The van der Waals surface area contributed by atoms with Crippen molar-refractivity contribution in [1.29, 1.82) is 0 Å². The molecule has 2 aromatic rings. The van der Waals surface area contributed by atoms with Crippen molar-refractivity contribution in [2.75, 3.05) is 6.61 Å². The fourth-order valence-electron chi connectivity index (χ4n) is 6.18. The van der Waals surface area contributed by atoms with Crippen LogP contribution in [0.4, 0.5) is 0 Å². The Balaban J connectivity index is 1.51. The van der Waals surface area contributed by atoms with Crippen molar-refractivity contribution in [2.24, 2.45) is 11.8 Å². The molecule has 2 aliphatic heterocycles. The van der Waals surface area contributed by atoms with Crippen LogP contribution in [0.3, 0.4) is 0 Å². The number of piperidine rings is 2. The number of benzene rings is 2. The second-order valence-electron chi connectivity index (χ2n) is 8.75. The van der Waals surface area contributed by atoms with Gasteiger partial charge in [-0.05, 0) is 73.8 Å². The van der Waals surface area contributed by atoms with Gasteiger partial charge >= 0.3 is 0 Å². The molecular formula is C25H29NO2. The highest BCUT2D eigenvalue weighted by Crippen LogP contribution is 2.55. The predicted molar refractivity (Wildman–Crippen MR) is 111 cm³/mol. The van der Waals surface area contributed by atoms with Crippen LogP contribution in [0.15, 0.2) is 48.5 Å². The largest absolute Gasteiger partial charge is 0.494 e. The minimum absolute atomic E-state index is 0.192. The van der Waals surface area contributed by atoms with Crippen LogP contribution in [0, 0.1) is 11.8 Å². The number of carbonyl (C=O) groups excluding carboxylic acids is 1. The third-order valence-corrected chi connectivity index (χ3v) is 7.34. The van der Waals surface area contributed by atoms with Crippen LogP contribution < -0.4 is 4.74 Å². The summed E-state index contributed by atoms with van der Waals surface area (Å²) in [5, 5.41) is 0. The topological polar surface area (TPSA) is 29.5 Å². The van der Waals surface area contributed by atoms with Crippen LogP contribution in [0.2, 0.25) is 0 Å². The maximum atomic E-state index is 12.4. The van der Waals surface area contributed by atoms with E-state index in [1.54, 1.807) is 6.92 Å². The van der Waals surface area contributed by atoms with E-state index in [2.05, 4.69) is 53.4 Å². The van der Waals surface area contributed by atoms with E-state index in [1.165, 1.54) is 16.7 Å². The summed E-state index contributed by atoms with van der Waals surface area (Å²) in [6.45, 7) is 5.49. The van der Waals surface area contributed by atoms with Gasteiger partial charge in [0.1, 0.15) is 11.5 Å². The molecule has 3 fully saturated rings. The summed E-state index contributed by atoms with van der Waals surface area (Å²) in [4.78, 5) is 15.1. The van der Waals surface area contributed by atoms with Crippen molar-refractivity contribution in [2.45, 2.75) is 57.7 Å². The molecule has 5 unspecified atom stereocenters. The average molecular weight is 376 g/mol. The van der Waals surface area contributed by atoms with Crippen LogP contribution in [-0.2, 0) is 17.8 Å². The molecule has 28 heavy (non-hydrogen) atoms. The van der Waals surface area contributed by atoms with Gasteiger partial charge in [-0.1, -0.05) is 36.4 Å². The summed E-state index contributed by atoms with van der Waals surface area (Å²) >= 11 is 0. The average Bonchev–Trinajstić information content (AvgIpc) is 2.71. The molecule has 2 heterocycles. The molecule has 146 valence electrons. The second-order valence-corrected chi connectivity index (χ2v) is 8.75. The van der Waals surface area contributed by atoms with Gasteiger partial charge in [-0.3, -0.25) is 9.69 Å². The lowest BCUT2D eigenvalue weighted by molar-refractivity contribution is -0.135. The minimum atomic E-state index is 0.192. The van der Waals surface area contributed by atoms with E-state index in [0.717, 1.165) is 31.6 Å². The molecule has 3 nitrogen and oxygen atoms in total. The zero-order valence-electron chi connectivity index (χ0n) is 16.8. The molecule has 0 N–H and O–H groups in total. The number of carbonyl (C=O) groups is 1. The van der Waals surface area contributed by atoms with E-state index in [-0.39, 0.29) is 5.92 Å². The quantitative estimate of drug-likeness (QED) is 0.765. The Labute approximate surface area is 167 Å². The van der Waals surface area contributed by atoms with Crippen molar-refractivity contribution in [3.05, 3.63) is 65.2 Å². The van der Waals surface area contributed by atoms with Gasteiger partial charge in [-0.2, -0.15) is 0 Å². The maximum absolute atomic E-state index is 12.4. The molecule has 1 saturated carbocycles. The lowest BCUT2D eigenvalue weighted by atomic mass is 9.56. The summed E-state index contributed by atoms with van der Waals surface area (Å²) in [5.74, 6) is 2.70. The SMILES string of the molecule is CCOc1ccc2c(c1)C1CC3C(C(C)=O)CC1C(C2)N3Cc1ccccc1. The van der Waals surface area contributed by atoms with Gasteiger partial charge in [-0.15, -0.1) is 0 Å². The van der Waals surface area contributed by atoms with E-state index in [0.29, 0.717) is 36.3 Å². The van der Waals surface area contributed by atoms with Gasteiger partial charge < -0.3 is 4.74 Å². The molecule has 0 aromatic heterocycles. The molecule has 0 spiro atoms. The molecule has 2 aliphatic carbocycles. The van der Waals surface area contributed by atoms with Crippen LogP contribution in [-0.4, -0.2) is 29.4 Å². The van der Waals surface area contributed by atoms with Crippen molar-refractivity contribution in [3.8, 4) is 5.75 Å². The summed E-state index contributed by atoms with van der Waals surface area (Å²) in [7, 11) is 0. The lowest BCUT2D eigenvalue weighted by Gasteiger charge is -2.60. The first-order chi connectivity index (χ1) is 13.7. The summed E-state index contributed by atoms with van der Waals surface area (Å²) in [6.07, 6.45) is 3.25. The van der Waals surface area contributed by atoms with Crippen molar-refractivity contribution in [1.82, 2.24) is 4.90 Å². The van der Waals surface area contributed by atoms with Crippen LogP contribution in [0.1, 0.15) is 49.3 Å². The monoisotopic (exact) mass is 375 g/mol. The number of hydrogen-bond acceptors (Lipinski definition) is 3. The fourth-order valence-corrected chi connectivity index (χ4v) is 6.18. The zero-order valence-corrected chi connectivity index (χ0v) is 16.8. The van der Waals surface area contributed by atoms with Gasteiger partial charge in [0.25, 0.3) is 0 Å². The first kappa shape index (κ1) is 17.9.